The smallest absolute Gasteiger partial charge is 0.303 e. The zero-order valence-corrected chi connectivity index (χ0v) is 19.6. The number of nitrogens with one attached hydrogen (secondary N) is 1. The number of nitrogens with zero attached hydrogens (tertiary/aromatic N) is 2. The van der Waals surface area contributed by atoms with E-state index in [2.05, 4.69) is 17.3 Å². The third-order valence-electron chi connectivity index (χ3n) is 8.44. The molecule has 3 aliphatic rings. The van der Waals surface area contributed by atoms with Crippen molar-refractivity contribution >= 4 is 22.8 Å². The van der Waals surface area contributed by atoms with Gasteiger partial charge in [-0.05, 0) is 80.2 Å². The SMILES string of the molecule is CC(CC(=O)O)C12CCC(NC(=O)c3ccc(-c4nn(C)c5ccc(F)cc45)cc3)(CC1)CC2. The predicted octanol–water partition coefficient (Wildman–Crippen LogP) is 5.31. The maximum atomic E-state index is 13.8. The highest BCUT2D eigenvalue weighted by Crippen LogP contribution is 2.56. The van der Waals surface area contributed by atoms with Gasteiger partial charge in [-0.15, -0.1) is 0 Å². The number of halogens is 1. The lowest BCUT2D eigenvalue weighted by Crippen LogP contribution is -2.57. The van der Waals surface area contributed by atoms with Crippen molar-refractivity contribution in [2.45, 2.75) is 57.4 Å². The Balaban J connectivity index is 1.29. The van der Waals surface area contributed by atoms with Gasteiger partial charge in [0.25, 0.3) is 5.91 Å². The highest BCUT2D eigenvalue weighted by Gasteiger charge is 2.51. The molecule has 1 amide bonds. The third kappa shape index (κ3) is 3.87. The van der Waals surface area contributed by atoms with Crippen molar-refractivity contribution in [1.82, 2.24) is 15.1 Å². The summed E-state index contributed by atoms with van der Waals surface area (Å²) in [6.07, 6.45) is 5.78. The molecule has 3 aromatic rings. The van der Waals surface area contributed by atoms with Crippen LogP contribution < -0.4 is 5.32 Å². The van der Waals surface area contributed by atoms with Crippen molar-refractivity contribution in [2.75, 3.05) is 0 Å². The number of fused-ring (bicyclic) bond motifs is 4. The van der Waals surface area contributed by atoms with Gasteiger partial charge in [-0.1, -0.05) is 19.1 Å². The highest BCUT2D eigenvalue weighted by molar-refractivity contribution is 5.97. The molecule has 2 aromatic carbocycles. The number of amides is 1. The molecule has 6 rings (SSSR count). The second-order valence-electron chi connectivity index (χ2n) is 10.3. The summed E-state index contributed by atoms with van der Waals surface area (Å²) in [5, 5.41) is 17.8. The number of hydrogen-bond acceptors (Lipinski definition) is 3. The average molecular weight is 464 g/mol. The van der Waals surface area contributed by atoms with E-state index in [1.54, 1.807) is 22.9 Å². The summed E-state index contributed by atoms with van der Waals surface area (Å²) in [7, 11) is 1.83. The number of carbonyl (C=O) groups excluding carboxylic acids is 1. The Morgan fingerprint density at radius 1 is 1.09 bits per heavy atom. The number of benzene rings is 2. The molecule has 6 nitrogen and oxygen atoms in total. The van der Waals surface area contributed by atoms with Crippen LogP contribution in [-0.2, 0) is 11.8 Å². The number of hydrogen-bond donors (Lipinski definition) is 2. The summed E-state index contributed by atoms with van der Waals surface area (Å²) in [6, 6.07) is 11.9. The van der Waals surface area contributed by atoms with Crippen LogP contribution in [0.1, 0.15) is 62.2 Å². The van der Waals surface area contributed by atoms with Gasteiger partial charge in [-0.25, -0.2) is 4.39 Å². The zero-order chi connectivity index (χ0) is 24.1. The first kappa shape index (κ1) is 22.6. The minimum atomic E-state index is -0.732. The van der Waals surface area contributed by atoms with E-state index in [-0.39, 0.29) is 35.0 Å². The summed E-state index contributed by atoms with van der Waals surface area (Å²) >= 11 is 0. The lowest BCUT2D eigenvalue weighted by Gasteiger charge is -2.56. The van der Waals surface area contributed by atoms with Crippen LogP contribution in [0.3, 0.4) is 0 Å². The van der Waals surface area contributed by atoms with Crippen LogP contribution in [0.25, 0.3) is 22.2 Å². The fourth-order valence-corrected chi connectivity index (χ4v) is 6.16. The molecule has 0 aliphatic heterocycles. The number of rotatable bonds is 6. The molecular weight excluding hydrogens is 433 g/mol. The largest absolute Gasteiger partial charge is 0.481 e. The van der Waals surface area contributed by atoms with E-state index in [9.17, 15) is 19.1 Å². The third-order valence-corrected chi connectivity index (χ3v) is 8.44. The molecule has 3 saturated carbocycles. The minimum Gasteiger partial charge on any atom is -0.481 e. The van der Waals surface area contributed by atoms with Gasteiger partial charge in [0.05, 0.1) is 5.52 Å². The van der Waals surface area contributed by atoms with Crippen LogP contribution in [0.5, 0.6) is 0 Å². The monoisotopic (exact) mass is 463 g/mol. The standard InChI is InChI=1S/C27H30FN3O3/c1-17(15-23(32)33)26-9-12-27(13-10-26,14-11-26)29-25(34)19-5-3-18(4-6-19)24-21-16-20(28)7-8-22(21)31(2)30-24/h3-8,16-17H,9-15H2,1-2H3,(H,29,34)(H,32,33). The normalized spacial score (nSPS) is 24.8. The van der Waals surface area contributed by atoms with E-state index >= 15 is 0 Å². The molecular formula is C27H30FN3O3. The van der Waals surface area contributed by atoms with Crippen LogP contribution >= 0.6 is 0 Å². The van der Waals surface area contributed by atoms with Crippen molar-refractivity contribution < 1.29 is 19.1 Å². The summed E-state index contributed by atoms with van der Waals surface area (Å²) in [5.41, 5.74) is 2.85. The number of carboxylic acids is 1. The Bertz CT molecular complexity index is 1240. The molecule has 7 heteroatoms. The Morgan fingerprint density at radius 3 is 2.35 bits per heavy atom. The molecule has 2 N–H and O–H groups in total. The van der Waals surface area contributed by atoms with E-state index in [1.165, 1.54) is 12.1 Å². The molecule has 0 radical (unpaired) electrons. The minimum absolute atomic E-state index is 0.0866. The summed E-state index contributed by atoms with van der Waals surface area (Å²) < 4.78 is 15.5. The molecule has 1 atom stereocenters. The Hall–Kier alpha value is -3.22. The second kappa shape index (κ2) is 8.22. The highest BCUT2D eigenvalue weighted by atomic mass is 19.1. The molecule has 1 aromatic heterocycles. The molecule has 0 saturated heterocycles. The van der Waals surface area contributed by atoms with Crippen LogP contribution in [0, 0.1) is 17.2 Å². The van der Waals surface area contributed by atoms with Gasteiger partial charge >= 0.3 is 5.97 Å². The van der Waals surface area contributed by atoms with Gasteiger partial charge in [-0.3, -0.25) is 14.3 Å². The van der Waals surface area contributed by atoms with Crippen molar-refractivity contribution in [3.05, 3.63) is 53.8 Å². The van der Waals surface area contributed by atoms with E-state index in [0.717, 1.165) is 55.0 Å². The summed E-state index contributed by atoms with van der Waals surface area (Å²) in [6.45, 7) is 2.06. The van der Waals surface area contributed by atoms with E-state index in [4.69, 9.17) is 0 Å². The van der Waals surface area contributed by atoms with Gasteiger partial charge in [0.2, 0.25) is 0 Å². The first-order valence-corrected chi connectivity index (χ1v) is 12.0. The summed E-state index contributed by atoms with van der Waals surface area (Å²) in [5.74, 6) is -0.970. The van der Waals surface area contributed by atoms with Gasteiger partial charge in [0.15, 0.2) is 0 Å². The predicted molar refractivity (Wildman–Crippen MR) is 128 cm³/mol. The number of aliphatic carboxylic acids is 1. The first-order chi connectivity index (χ1) is 16.2. The topological polar surface area (TPSA) is 84.2 Å². The van der Waals surface area contributed by atoms with E-state index in [1.807, 2.05) is 19.2 Å². The van der Waals surface area contributed by atoms with Crippen molar-refractivity contribution in [1.29, 1.82) is 0 Å². The number of carbonyl (C=O) groups is 2. The molecule has 2 bridgehead atoms. The molecule has 3 aliphatic carbocycles. The van der Waals surface area contributed by atoms with Crippen LogP contribution in [0.15, 0.2) is 42.5 Å². The summed E-state index contributed by atoms with van der Waals surface area (Å²) in [4.78, 5) is 24.3. The lowest BCUT2D eigenvalue weighted by atomic mass is 9.53. The quantitative estimate of drug-likeness (QED) is 0.519. The van der Waals surface area contributed by atoms with Gasteiger partial charge in [0.1, 0.15) is 11.5 Å². The first-order valence-electron chi connectivity index (χ1n) is 12.0. The number of aryl methyl sites for hydroxylation is 1. The molecule has 0 spiro atoms. The fraction of sp³-hybridized carbons (Fsp3) is 0.444. The molecule has 3 fully saturated rings. The molecule has 178 valence electrons. The van der Waals surface area contributed by atoms with Crippen molar-refractivity contribution in [2.24, 2.45) is 18.4 Å². The van der Waals surface area contributed by atoms with E-state index < -0.39 is 5.97 Å². The van der Waals surface area contributed by atoms with Crippen LogP contribution in [-0.4, -0.2) is 32.3 Å². The molecule has 34 heavy (non-hydrogen) atoms. The molecule has 1 heterocycles. The number of carboxylic acid groups (broad SMARTS) is 1. The van der Waals surface area contributed by atoms with Gasteiger partial charge < -0.3 is 10.4 Å². The zero-order valence-electron chi connectivity index (χ0n) is 19.6. The van der Waals surface area contributed by atoms with Crippen molar-refractivity contribution in [3.8, 4) is 11.3 Å². The van der Waals surface area contributed by atoms with Gasteiger partial charge in [-0.2, -0.15) is 5.10 Å². The average Bonchev–Trinajstić information content (AvgIpc) is 3.15. The molecule has 1 unspecified atom stereocenters. The van der Waals surface area contributed by atoms with Crippen molar-refractivity contribution in [3.63, 3.8) is 0 Å². The van der Waals surface area contributed by atoms with Crippen LogP contribution in [0.4, 0.5) is 4.39 Å². The lowest BCUT2D eigenvalue weighted by molar-refractivity contribution is -0.140. The fourth-order valence-electron chi connectivity index (χ4n) is 6.16. The Labute approximate surface area is 198 Å². The van der Waals surface area contributed by atoms with Gasteiger partial charge in [0, 0.05) is 35.5 Å². The van der Waals surface area contributed by atoms with Crippen LogP contribution in [0.2, 0.25) is 0 Å². The maximum Gasteiger partial charge on any atom is 0.303 e. The Kier molecular flexibility index (Phi) is 5.46. The second-order valence-corrected chi connectivity index (χ2v) is 10.3. The number of aromatic nitrogens is 2. The Morgan fingerprint density at radius 2 is 1.74 bits per heavy atom. The van der Waals surface area contributed by atoms with E-state index in [0.29, 0.717) is 11.3 Å². The maximum absolute atomic E-state index is 13.8.